The molecule has 0 unspecified atom stereocenters. The number of nitrogens with two attached hydrogens (primary N) is 1. The summed E-state index contributed by atoms with van der Waals surface area (Å²) < 4.78 is 7.30. The summed E-state index contributed by atoms with van der Waals surface area (Å²) in [7, 11) is 1.28. The zero-order valence-corrected chi connectivity index (χ0v) is 13.1. The number of aryl methyl sites for hydroxylation is 1. The number of rotatable bonds is 2. The van der Waals surface area contributed by atoms with E-state index < -0.39 is 5.97 Å². The van der Waals surface area contributed by atoms with Gasteiger partial charge in [-0.25, -0.2) is 4.79 Å². The minimum Gasteiger partial charge on any atom is -0.464 e. The first-order valence-corrected chi connectivity index (χ1v) is 6.83. The first kappa shape index (κ1) is 14.4. The maximum atomic E-state index is 11.9. The summed E-state index contributed by atoms with van der Waals surface area (Å²) in [5, 5.41) is 9.07. The normalized spacial score (nSPS) is 10.1. The number of ether oxygens (including phenoxy) is 1. The van der Waals surface area contributed by atoms with Crippen LogP contribution in [0.25, 0.3) is 5.69 Å². The van der Waals surface area contributed by atoms with Crippen molar-refractivity contribution in [3.63, 3.8) is 0 Å². The van der Waals surface area contributed by atoms with Crippen molar-refractivity contribution in [2.24, 2.45) is 0 Å². The van der Waals surface area contributed by atoms with Crippen LogP contribution in [0.15, 0.2) is 24.4 Å². The van der Waals surface area contributed by atoms with Gasteiger partial charge in [0.05, 0.1) is 24.0 Å². The van der Waals surface area contributed by atoms with Crippen LogP contribution < -0.4 is 5.73 Å². The summed E-state index contributed by atoms with van der Waals surface area (Å²) in [5.74, 6) is -0.569. The quantitative estimate of drug-likeness (QED) is 0.641. The van der Waals surface area contributed by atoms with Gasteiger partial charge in [0.25, 0.3) is 0 Å². The highest BCUT2D eigenvalue weighted by atomic mass is 127. The van der Waals surface area contributed by atoms with Crippen LogP contribution in [0.5, 0.6) is 0 Å². The Labute approximate surface area is 130 Å². The summed E-state index contributed by atoms with van der Waals surface area (Å²) in [5.41, 5.74) is 8.31. The highest BCUT2D eigenvalue weighted by molar-refractivity contribution is 14.1. The molecular weight excluding hydrogens is 369 g/mol. The average Bonchev–Trinajstić information content (AvgIpc) is 2.74. The topological polar surface area (TPSA) is 81.0 Å². The van der Waals surface area contributed by atoms with Gasteiger partial charge >= 0.3 is 5.97 Å². The third kappa shape index (κ3) is 2.36. The van der Waals surface area contributed by atoms with Gasteiger partial charge in [-0.2, -0.15) is 5.26 Å². The smallest absolute Gasteiger partial charge is 0.357 e. The van der Waals surface area contributed by atoms with Crippen molar-refractivity contribution in [3.05, 3.63) is 44.8 Å². The van der Waals surface area contributed by atoms with Crippen molar-refractivity contribution >= 4 is 34.2 Å². The lowest BCUT2D eigenvalue weighted by atomic mass is 10.2. The van der Waals surface area contributed by atoms with Gasteiger partial charge in [0.1, 0.15) is 6.07 Å². The summed E-state index contributed by atoms with van der Waals surface area (Å²) in [6.45, 7) is 1.98. The molecule has 0 radical (unpaired) electrons. The Kier molecular flexibility index (Phi) is 3.99. The van der Waals surface area contributed by atoms with Crippen LogP contribution in [0.2, 0.25) is 0 Å². The number of hydrogen-bond donors (Lipinski definition) is 1. The van der Waals surface area contributed by atoms with Gasteiger partial charge in [-0.05, 0) is 47.2 Å². The predicted molar refractivity (Wildman–Crippen MR) is 83.7 cm³/mol. The van der Waals surface area contributed by atoms with Crippen molar-refractivity contribution < 1.29 is 9.53 Å². The van der Waals surface area contributed by atoms with Crippen LogP contribution in [0.1, 0.15) is 21.6 Å². The molecule has 0 aliphatic heterocycles. The highest BCUT2D eigenvalue weighted by Crippen LogP contribution is 2.27. The number of nitrogens with zero attached hydrogens (tertiary/aromatic N) is 2. The number of methoxy groups -OCH3 is 1. The van der Waals surface area contributed by atoms with Crippen LogP contribution in [0, 0.1) is 21.8 Å². The van der Waals surface area contributed by atoms with Crippen LogP contribution >= 0.6 is 22.6 Å². The molecule has 0 bridgehead atoms. The average molecular weight is 381 g/mol. The van der Waals surface area contributed by atoms with Crippen LogP contribution in [0.4, 0.5) is 5.69 Å². The van der Waals surface area contributed by atoms with Crippen LogP contribution in [0.3, 0.4) is 0 Å². The third-order valence-corrected chi connectivity index (χ3v) is 3.77. The molecule has 0 aliphatic carbocycles. The number of esters is 1. The molecule has 5 nitrogen and oxygen atoms in total. The number of anilines is 1. The van der Waals surface area contributed by atoms with E-state index in [0.717, 1.165) is 14.8 Å². The van der Waals surface area contributed by atoms with E-state index in [2.05, 4.69) is 22.6 Å². The molecule has 0 fully saturated rings. The second kappa shape index (κ2) is 5.54. The fourth-order valence-electron chi connectivity index (χ4n) is 1.91. The van der Waals surface area contributed by atoms with E-state index >= 15 is 0 Å². The van der Waals surface area contributed by atoms with E-state index in [4.69, 9.17) is 15.7 Å². The molecule has 0 aliphatic rings. The summed E-state index contributed by atoms with van der Waals surface area (Å²) in [6.07, 6.45) is 1.55. The Morgan fingerprint density at radius 2 is 2.20 bits per heavy atom. The minimum atomic E-state index is -0.569. The number of nitrogen functional groups attached to an aromatic ring is 1. The molecule has 0 saturated heterocycles. The Morgan fingerprint density at radius 3 is 2.75 bits per heavy atom. The molecule has 1 aromatic carbocycles. The molecule has 6 heteroatoms. The van der Waals surface area contributed by atoms with Gasteiger partial charge in [0.15, 0.2) is 5.69 Å². The first-order valence-electron chi connectivity index (χ1n) is 5.75. The molecule has 1 aromatic heterocycles. The van der Waals surface area contributed by atoms with Gasteiger partial charge < -0.3 is 15.0 Å². The fourth-order valence-corrected chi connectivity index (χ4v) is 2.84. The SMILES string of the molecule is COC(=O)c1c(N)c(C#N)cn1-c1ccc(C)cc1I. The zero-order chi connectivity index (χ0) is 14.9. The minimum absolute atomic E-state index is 0.135. The first-order chi connectivity index (χ1) is 9.49. The Morgan fingerprint density at radius 1 is 1.50 bits per heavy atom. The maximum absolute atomic E-state index is 11.9. The summed E-state index contributed by atoms with van der Waals surface area (Å²) >= 11 is 2.18. The van der Waals surface area contributed by atoms with Crippen molar-refractivity contribution in [1.82, 2.24) is 4.57 Å². The molecule has 1 heterocycles. The number of carbonyl (C=O) groups excluding carboxylic acids is 1. The lowest BCUT2D eigenvalue weighted by molar-refractivity contribution is 0.0593. The Bertz CT molecular complexity index is 729. The number of hydrogen-bond acceptors (Lipinski definition) is 4. The fraction of sp³-hybridized carbons (Fsp3) is 0.143. The zero-order valence-electron chi connectivity index (χ0n) is 11.0. The molecule has 0 amide bonds. The van der Waals surface area contributed by atoms with Gasteiger partial charge in [-0.1, -0.05) is 6.07 Å². The third-order valence-electron chi connectivity index (χ3n) is 2.91. The van der Waals surface area contributed by atoms with Crippen molar-refractivity contribution in [2.45, 2.75) is 6.92 Å². The van der Waals surface area contributed by atoms with Gasteiger partial charge in [-0.3, -0.25) is 0 Å². The Hall–Kier alpha value is -2.01. The van der Waals surface area contributed by atoms with E-state index in [1.165, 1.54) is 7.11 Å². The molecular formula is C14H12IN3O2. The van der Waals surface area contributed by atoms with E-state index in [9.17, 15) is 4.79 Å². The number of carbonyl (C=O) groups is 1. The van der Waals surface area contributed by atoms with Gasteiger partial charge in [0, 0.05) is 9.77 Å². The molecule has 0 atom stereocenters. The highest BCUT2D eigenvalue weighted by Gasteiger charge is 2.22. The molecule has 2 N–H and O–H groups in total. The van der Waals surface area contributed by atoms with Crippen molar-refractivity contribution in [2.75, 3.05) is 12.8 Å². The number of nitriles is 1. The van der Waals surface area contributed by atoms with Gasteiger partial charge in [0.2, 0.25) is 0 Å². The standard InChI is InChI=1S/C14H12IN3O2/c1-8-3-4-11(10(15)5-8)18-7-9(6-16)12(17)13(18)14(19)20-2/h3-5,7H,17H2,1-2H3. The van der Waals surface area contributed by atoms with Crippen LogP contribution in [-0.2, 0) is 4.74 Å². The van der Waals surface area contributed by atoms with E-state index in [1.807, 2.05) is 31.2 Å². The second-order valence-electron chi connectivity index (χ2n) is 4.23. The summed E-state index contributed by atoms with van der Waals surface area (Å²) in [4.78, 5) is 11.9. The van der Waals surface area contributed by atoms with Gasteiger partial charge in [-0.15, -0.1) is 0 Å². The molecule has 102 valence electrons. The largest absolute Gasteiger partial charge is 0.464 e. The van der Waals surface area contributed by atoms with Crippen molar-refractivity contribution in [1.29, 1.82) is 5.26 Å². The molecule has 0 spiro atoms. The second-order valence-corrected chi connectivity index (χ2v) is 5.40. The van der Waals surface area contributed by atoms with Crippen LogP contribution in [-0.4, -0.2) is 17.6 Å². The molecule has 0 saturated carbocycles. The van der Waals surface area contributed by atoms with E-state index in [0.29, 0.717) is 0 Å². The number of aromatic nitrogens is 1. The lowest BCUT2D eigenvalue weighted by Gasteiger charge is -2.11. The lowest BCUT2D eigenvalue weighted by Crippen LogP contribution is -2.11. The van der Waals surface area contributed by atoms with Crippen molar-refractivity contribution in [3.8, 4) is 11.8 Å². The number of benzene rings is 1. The molecule has 2 aromatic rings. The number of halogens is 1. The summed E-state index contributed by atoms with van der Waals surface area (Å²) in [6, 6.07) is 7.78. The predicted octanol–water partition coefficient (Wildman–Crippen LogP) is 2.63. The molecule has 20 heavy (non-hydrogen) atoms. The Balaban J connectivity index is 2.74. The molecule has 2 rings (SSSR count). The maximum Gasteiger partial charge on any atom is 0.357 e. The van der Waals surface area contributed by atoms with E-state index in [1.54, 1.807) is 10.8 Å². The monoisotopic (exact) mass is 381 g/mol. The van der Waals surface area contributed by atoms with E-state index in [-0.39, 0.29) is 16.9 Å².